The molecule has 1 aliphatic heterocycles. The summed E-state index contributed by atoms with van der Waals surface area (Å²) in [6, 6.07) is 7.95. The van der Waals surface area contributed by atoms with Crippen molar-refractivity contribution in [1.82, 2.24) is 5.32 Å². The minimum atomic E-state index is 0.00234. The van der Waals surface area contributed by atoms with Crippen LogP contribution in [0.3, 0.4) is 0 Å². The van der Waals surface area contributed by atoms with Crippen LogP contribution in [0.4, 0.5) is 5.69 Å². The van der Waals surface area contributed by atoms with E-state index in [1.54, 1.807) is 0 Å². The summed E-state index contributed by atoms with van der Waals surface area (Å²) in [4.78, 5) is 12.1. The van der Waals surface area contributed by atoms with E-state index in [1.807, 2.05) is 38.1 Å². The van der Waals surface area contributed by atoms with Crippen molar-refractivity contribution in [2.75, 3.05) is 18.5 Å². The summed E-state index contributed by atoms with van der Waals surface area (Å²) in [6.45, 7) is 7.70. The zero-order valence-electron chi connectivity index (χ0n) is 12.5. The van der Waals surface area contributed by atoms with Crippen molar-refractivity contribution in [3.05, 3.63) is 29.8 Å². The molecule has 0 bridgehead atoms. The molecule has 110 valence electrons. The second kappa shape index (κ2) is 6.37. The summed E-state index contributed by atoms with van der Waals surface area (Å²) < 4.78 is 5.41. The zero-order valence-corrected chi connectivity index (χ0v) is 12.5. The molecule has 1 amide bonds. The van der Waals surface area contributed by atoms with E-state index in [4.69, 9.17) is 4.74 Å². The standard InChI is InChI=1S/C16H24N2O2/c1-12-6-4-5-7-14(12)17-15(19)10-13(2)18-16(3)8-9-20-11-16/h4-7,13,18H,8-11H2,1-3H3,(H,17,19). The van der Waals surface area contributed by atoms with Crippen LogP contribution in [0, 0.1) is 6.92 Å². The summed E-state index contributed by atoms with van der Waals surface area (Å²) in [5.41, 5.74) is 1.97. The number of nitrogens with one attached hydrogen (secondary N) is 2. The van der Waals surface area contributed by atoms with E-state index in [0.29, 0.717) is 6.42 Å². The predicted molar refractivity (Wildman–Crippen MR) is 80.9 cm³/mol. The number of carbonyl (C=O) groups is 1. The maximum absolute atomic E-state index is 12.1. The van der Waals surface area contributed by atoms with Crippen molar-refractivity contribution in [1.29, 1.82) is 0 Å². The van der Waals surface area contributed by atoms with Crippen LogP contribution in [0.15, 0.2) is 24.3 Å². The molecular weight excluding hydrogens is 252 g/mol. The number of para-hydroxylation sites is 1. The highest BCUT2D eigenvalue weighted by molar-refractivity contribution is 5.91. The number of anilines is 1. The summed E-state index contributed by atoms with van der Waals surface area (Å²) >= 11 is 0. The number of rotatable bonds is 5. The van der Waals surface area contributed by atoms with Crippen LogP contribution in [0.1, 0.15) is 32.3 Å². The summed E-state index contributed by atoms with van der Waals surface area (Å²) in [5.74, 6) is 0.0433. The fraction of sp³-hybridized carbons (Fsp3) is 0.562. The lowest BCUT2D eigenvalue weighted by molar-refractivity contribution is -0.116. The molecule has 2 atom stereocenters. The van der Waals surface area contributed by atoms with Gasteiger partial charge in [0.2, 0.25) is 5.91 Å². The molecule has 4 nitrogen and oxygen atoms in total. The Hall–Kier alpha value is -1.39. The molecule has 1 aromatic carbocycles. The first-order valence-corrected chi connectivity index (χ1v) is 7.19. The fourth-order valence-corrected chi connectivity index (χ4v) is 2.62. The van der Waals surface area contributed by atoms with Crippen LogP contribution >= 0.6 is 0 Å². The minimum absolute atomic E-state index is 0.00234. The minimum Gasteiger partial charge on any atom is -0.379 e. The van der Waals surface area contributed by atoms with Crippen LogP contribution < -0.4 is 10.6 Å². The van der Waals surface area contributed by atoms with Crippen molar-refractivity contribution in [3.8, 4) is 0 Å². The van der Waals surface area contributed by atoms with Gasteiger partial charge in [0.15, 0.2) is 0 Å². The van der Waals surface area contributed by atoms with Crippen molar-refractivity contribution in [2.45, 2.75) is 45.2 Å². The third kappa shape index (κ3) is 4.05. The van der Waals surface area contributed by atoms with E-state index in [1.165, 1.54) is 0 Å². The summed E-state index contributed by atoms with van der Waals surface area (Å²) in [7, 11) is 0. The second-order valence-corrected chi connectivity index (χ2v) is 5.98. The first-order valence-electron chi connectivity index (χ1n) is 7.19. The van der Waals surface area contributed by atoms with Gasteiger partial charge in [0.25, 0.3) is 0 Å². The van der Waals surface area contributed by atoms with E-state index < -0.39 is 0 Å². The third-order valence-electron chi connectivity index (χ3n) is 3.72. The highest BCUT2D eigenvalue weighted by atomic mass is 16.5. The Morgan fingerprint density at radius 1 is 1.45 bits per heavy atom. The van der Waals surface area contributed by atoms with Gasteiger partial charge in [0, 0.05) is 30.3 Å². The van der Waals surface area contributed by atoms with Gasteiger partial charge in [-0.1, -0.05) is 18.2 Å². The lowest BCUT2D eigenvalue weighted by Gasteiger charge is -2.28. The summed E-state index contributed by atoms with van der Waals surface area (Å²) in [6.07, 6.45) is 1.46. The maximum Gasteiger partial charge on any atom is 0.225 e. The predicted octanol–water partition coefficient (Wildman–Crippen LogP) is 2.48. The molecule has 1 aromatic rings. The monoisotopic (exact) mass is 276 g/mol. The van der Waals surface area contributed by atoms with Gasteiger partial charge in [-0.25, -0.2) is 0 Å². The molecule has 0 spiro atoms. The molecule has 1 saturated heterocycles. The molecule has 1 fully saturated rings. The van der Waals surface area contributed by atoms with Gasteiger partial charge in [-0.05, 0) is 38.8 Å². The second-order valence-electron chi connectivity index (χ2n) is 5.98. The lowest BCUT2D eigenvalue weighted by atomic mass is 10.00. The molecule has 2 rings (SSSR count). The SMILES string of the molecule is Cc1ccccc1NC(=O)CC(C)NC1(C)CCOC1. The number of benzene rings is 1. The topological polar surface area (TPSA) is 50.4 Å². The molecule has 0 aromatic heterocycles. The Morgan fingerprint density at radius 2 is 2.20 bits per heavy atom. The number of hydrogen-bond donors (Lipinski definition) is 2. The average Bonchev–Trinajstić information content (AvgIpc) is 2.78. The number of amides is 1. The first kappa shape index (κ1) is 15.0. The van der Waals surface area contributed by atoms with Gasteiger partial charge >= 0.3 is 0 Å². The fourth-order valence-electron chi connectivity index (χ4n) is 2.62. The van der Waals surface area contributed by atoms with Crippen LogP contribution in [-0.2, 0) is 9.53 Å². The third-order valence-corrected chi connectivity index (χ3v) is 3.72. The van der Waals surface area contributed by atoms with Crippen molar-refractivity contribution in [2.24, 2.45) is 0 Å². The molecule has 4 heteroatoms. The number of hydrogen-bond acceptors (Lipinski definition) is 3. The quantitative estimate of drug-likeness (QED) is 0.868. The highest BCUT2D eigenvalue weighted by Crippen LogP contribution is 2.19. The van der Waals surface area contributed by atoms with Gasteiger partial charge in [-0.2, -0.15) is 0 Å². The smallest absolute Gasteiger partial charge is 0.225 e. The number of ether oxygens (including phenoxy) is 1. The Labute approximate surface area is 120 Å². The molecule has 2 unspecified atom stereocenters. The Morgan fingerprint density at radius 3 is 2.85 bits per heavy atom. The van der Waals surface area contributed by atoms with E-state index in [0.717, 1.165) is 30.9 Å². The number of aryl methyl sites for hydroxylation is 1. The molecule has 0 saturated carbocycles. The van der Waals surface area contributed by atoms with Gasteiger partial charge in [-0.15, -0.1) is 0 Å². The normalized spacial score (nSPS) is 23.6. The molecule has 20 heavy (non-hydrogen) atoms. The lowest BCUT2D eigenvalue weighted by Crippen LogP contribution is -2.48. The van der Waals surface area contributed by atoms with E-state index >= 15 is 0 Å². The first-order chi connectivity index (χ1) is 9.48. The molecular formula is C16H24N2O2. The average molecular weight is 276 g/mol. The molecule has 2 N–H and O–H groups in total. The molecule has 1 heterocycles. The van der Waals surface area contributed by atoms with Crippen LogP contribution in [0.25, 0.3) is 0 Å². The van der Waals surface area contributed by atoms with Crippen molar-refractivity contribution < 1.29 is 9.53 Å². The highest BCUT2D eigenvalue weighted by Gasteiger charge is 2.31. The summed E-state index contributed by atoms with van der Waals surface area (Å²) in [5, 5.41) is 6.47. The molecule has 1 aliphatic rings. The Bertz CT molecular complexity index is 467. The van der Waals surface area contributed by atoms with Crippen molar-refractivity contribution in [3.63, 3.8) is 0 Å². The van der Waals surface area contributed by atoms with Crippen LogP contribution in [-0.4, -0.2) is 30.7 Å². The molecule has 0 aliphatic carbocycles. The van der Waals surface area contributed by atoms with Crippen LogP contribution in [0.5, 0.6) is 0 Å². The van der Waals surface area contributed by atoms with E-state index in [2.05, 4.69) is 17.6 Å². The van der Waals surface area contributed by atoms with Gasteiger partial charge in [0.1, 0.15) is 0 Å². The van der Waals surface area contributed by atoms with E-state index in [-0.39, 0.29) is 17.5 Å². The van der Waals surface area contributed by atoms with Gasteiger partial charge < -0.3 is 15.4 Å². The van der Waals surface area contributed by atoms with Gasteiger partial charge in [0.05, 0.1) is 6.61 Å². The maximum atomic E-state index is 12.1. The van der Waals surface area contributed by atoms with Crippen molar-refractivity contribution >= 4 is 11.6 Å². The zero-order chi connectivity index (χ0) is 14.6. The largest absolute Gasteiger partial charge is 0.379 e. The number of carbonyl (C=O) groups excluding carboxylic acids is 1. The van der Waals surface area contributed by atoms with Gasteiger partial charge in [-0.3, -0.25) is 4.79 Å². The molecule has 0 radical (unpaired) electrons. The van der Waals surface area contributed by atoms with E-state index in [9.17, 15) is 4.79 Å². The Balaban J connectivity index is 1.83. The Kier molecular flexibility index (Phi) is 4.78. The van der Waals surface area contributed by atoms with Crippen LogP contribution in [0.2, 0.25) is 0 Å².